The number of aliphatic imine (C=N–C) groups is 1. The van der Waals surface area contributed by atoms with E-state index in [4.69, 9.17) is 4.74 Å². The first-order valence-corrected chi connectivity index (χ1v) is 5.25. The molecule has 0 saturated carbocycles. The summed E-state index contributed by atoms with van der Waals surface area (Å²) in [4.78, 5) is 4.46. The van der Waals surface area contributed by atoms with Crippen LogP contribution in [0.1, 0.15) is 34.6 Å². The molecule has 1 unspecified atom stereocenters. The van der Waals surface area contributed by atoms with Crippen molar-refractivity contribution in [3.8, 4) is 0 Å². The summed E-state index contributed by atoms with van der Waals surface area (Å²) in [6.07, 6.45) is 7.02. The van der Waals surface area contributed by atoms with Gasteiger partial charge in [-0.2, -0.15) is 0 Å². The van der Waals surface area contributed by atoms with Crippen LogP contribution in [-0.2, 0) is 4.74 Å². The third kappa shape index (κ3) is 1.73. The quantitative estimate of drug-likeness (QED) is 0.656. The Morgan fingerprint density at radius 1 is 1.38 bits per heavy atom. The first-order chi connectivity index (χ1) is 7.08. The van der Waals surface area contributed by atoms with Crippen molar-refractivity contribution in [2.45, 2.75) is 34.6 Å². The second-order valence-corrected chi connectivity index (χ2v) is 4.48. The molecule has 0 aromatic carbocycles. The van der Waals surface area contributed by atoms with Gasteiger partial charge in [0.15, 0.2) is 0 Å². The summed E-state index contributed by atoms with van der Waals surface area (Å²) in [7, 11) is 1.74. The number of methoxy groups -OCH3 is 1. The second-order valence-electron chi connectivity index (χ2n) is 4.48. The fourth-order valence-corrected chi connectivity index (χ4v) is 2.16. The van der Waals surface area contributed by atoms with E-state index >= 15 is 0 Å². The normalized spacial score (nSPS) is 27.8. The van der Waals surface area contributed by atoms with Gasteiger partial charge in [0.25, 0.3) is 0 Å². The molecule has 2 nitrogen and oxygen atoms in total. The number of rotatable bonds is 1. The minimum Gasteiger partial charge on any atom is -0.501 e. The van der Waals surface area contributed by atoms with Gasteiger partial charge in [0.05, 0.1) is 18.6 Å². The molecular formula is C14H21NO. The average Bonchev–Trinajstić information content (AvgIpc) is 2.21. The fourth-order valence-electron chi connectivity index (χ4n) is 2.16. The number of hydrogen-bond donors (Lipinski definition) is 0. The lowest BCUT2D eigenvalue weighted by Gasteiger charge is -2.36. The molecule has 0 radical (unpaired) electrons. The Bertz CT molecular complexity index is 412. The number of hydrogen-bond acceptors (Lipinski definition) is 2. The Hall–Kier alpha value is -1.31. The van der Waals surface area contributed by atoms with Crippen LogP contribution in [0.25, 0.3) is 0 Å². The molecule has 0 amide bonds. The van der Waals surface area contributed by atoms with E-state index in [0.717, 1.165) is 17.9 Å². The van der Waals surface area contributed by atoms with Gasteiger partial charge in [0.2, 0.25) is 0 Å². The SMILES string of the molecule is C.COC1=C(C)C=C2N=CC=C(C)C2(C)C1. The first kappa shape index (κ1) is 12.8. The van der Waals surface area contributed by atoms with E-state index in [1.54, 1.807) is 7.11 Å². The number of dihydropyridines is 1. The molecule has 0 bridgehead atoms. The molecule has 1 aliphatic carbocycles. The Labute approximate surface area is 98.4 Å². The minimum absolute atomic E-state index is 0. The number of allylic oxidation sites excluding steroid dienone is 5. The number of ether oxygens (including phenoxy) is 1. The molecule has 0 aromatic rings. The Kier molecular flexibility index (Phi) is 3.41. The average molecular weight is 219 g/mol. The minimum atomic E-state index is 0. The topological polar surface area (TPSA) is 21.6 Å². The summed E-state index contributed by atoms with van der Waals surface area (Å²) in [5.41, 5.74) is 3.72. The molecule has 1 heterocycles. The molecule has 0 saturated heterocycles. The van der Waals surface area contributed by atoms with Gasteiger partial charge in [-0.25, -0.2) is 0 Å². The fraction of sp³-hybridized carbons (Fsp3) is 0.500. The first-order valence-electron chi connectivity index (χ1n) is 5.25. The second kappa shape index (κ2) is 4.28. The van der Waals surface area contributed by atoms with Gasteiger partial charge in [0.1, 0.15) is 0 Å². The lowest BCUT2D eigenvalue weighted by molar-refractivity contribution is 0.241. The summed E-state index contributed by atoms with van der Waals surface area (Å²) < 4.78 is 5.42. The molecule has 16 heavy (non-hydrogen) atoms. The highest BCUT2D eigenvalue weighted by atomic mass is 16.5. The van der Waals surface area contributed by atoms with E-state index in [1.165, 1.54) is 11.1 Å². The van der Waals surface area contributed by atoms with Crippen molar-refractivity contribution in [2.24, 2.45) is 10.4 Å². The van der Waals surface area contributed by atoms with E-state index < -0.39 is 0 Å². The van der Waals surface area contributed by atoms with Crippen molar-refractivity contribution in [1.29, 1.82) is 0 Å². The smallest absolute Gasteiger partial charge is 0.0997 e. The standard InChI is InChI=1S/C13H17NO.CH4/c1-9-7-12-13(3,8-11(9)15-4)10(2)5-6-14-12;/h5-7H,8H2,1-4H3;1H4. The van der Waals surface area contributed by atoms with Crippen molar-refractivity contribution >= 4 is 6.21 Å². The predicted octanol–water partition coefficient (Wildman–Crippen LogP) is 3.87. The highest BCUT2D eigenvalue weighted by Crippen LogP contribution is 2.46. The third-order valence-corrected chi connectivity index (χ3v) is 3.53. The third-order valence-electron chi connectivity index (χ3n) is 3.53. The maximum atomic E-state index is 5.42. The van der Waals surface area contributed by atoms with Crippen molar-refractivity contribution in [3.63, 3.8) is 0 Å². The van der Waals surface area contributed by atoms with Crippen LogP contribution in [0.5, 0.6) is 0 Å². The van der Waals surface area contributed by atoms with E-state index in [-0.39, 0.29) is 12.8 Å². The van der Waals surface area contributed by atoms with Gasteiger partial charge in [-0.1, -0.05) is 13.0 Å². The van der Waals surface area contributed by atoms with Gasteiger partial charge in [-0.05, 0) is 38.5 Å². The highest BCUT2D eigenvalue weighted by Gasteiger charge is 2.36. The molecular weight excluding hydrogens is 198 g/mol. The van der Waals surface area contributed by atoms with Crippen molar-refractivity contribution in [3.05, 3.63) is 34.8 Å². The highest BCUT2D eigenvalue weighted by molar-refractivity contribution is 5.76. The molecule has 0 N–H and O–H groups in total. The molecule has 1 aliphatic heterocycles. The van der Waals surface area contributed by atoms with Crippen LogP contribution >= 0.6 is 0 Å². The van der Waals surface area contributed by atoms with Crippen molar-refractivity contribution in [2.75, 3.05) is 7.11 Å². The van der Waals surface area contributed by atoms with Crippen molar-refractivity contribution < 1.29 is 4.74 Å². The zero-order chi connectivity index (χ0) is 11.1. The summed E-state index contributed by atoms with van der Waals surface area (Å²) in [5, 5.41) is 0. The Morgan fingerprint density at radius 3 is 2.69 bits per heavy atom. The molecule has 0 aromatic heterocycles. The van der Waals surface area contributed by atoms with Crippen LogP contribution in [0, 0.1) is 5.41 Å². The maximum absolute atomic E-state index is 5.42. The summed E-state index contributed by atoms with van der Waals surface area (Å²) in [6, 6.07) is 0. The van der Waals surface area contributed by atoms with Gasteiger partial charge in [0, 0.05) is 18.1 Å². The molecule has 1 atom stereocenters. The van der Waals surface area contributed by atoms with Gasteiger partial charge in [-0.15, -0.1) is 0 Å². The van der Waals surface area contributed by atoms with Crippen LogP contribution in [-0.4, -0.2) is 13.3 Å². The number of fused-ring (bicyclic) bond motifs is 1. The molecule has 2 aliphatic rings. The summed E-state index contributed by atoms with van der Waals surface area (Å²) >= 11 is 0. The van der Waals surface area contributed by atoms with Gasteiger partial charge < -0.3 is 4.74 Å². The van der Waals surface area contributed by atoms with Crippen LogP contribution < -0.4 is 0 Å². The Balaban J connectivity index is 0.00000128. The van der Waals surface area contributed by atoms with Crippen LogP contribution in [0.3, 0.4) is 0 Å². The van der Waals surface area contributed by atoms with Gasteiger partial charge >= 0.3 is 0 Å². The maximum Gasteiger partial charge on any atom is 0.0997 e. The van der Waals surface area contributed by atoms with Crippen LogP contribution in [0.2, 0.25) is 0 Å². The molecule has 2 rings (SSSR count). The monoisotopic (exact) mass is 219 g/mol. The molecule has 88 valence electrons. The van der Waals surface area contributed by atoms with Crippen molar-refractivity contribution in [1.82, 2.24) is 0 Å². The van der Waals surface area contributed by atoms with Crippen LogP contribution in [0.15, 0.2) is 39.7 Å². The Morgan fingerprint density at radius 2 is 2.06 bits per heavy atom. The summed E-state index contributed by atoms with van der Waals surface area (Å²) in [5.74, 6) is 1.08. The molecule has 0 fully saturated rings. The molecule has 2 heteroatoms. The predicted molar refractivity (Wildman–Crippen MR) is 69.5 cm³/mol. The summed E-state index contributed by atoms with van der Waals surface area (Å²) in [6.45, 7) is 6.47. The largest absolute Gasteiger partial charge is 0.501 e. The van der Waals surface area contributed by atoms with E-state index in [1.807, 2.05) is 6.21 Å². The number of nitrogens with zero attached hydrogens (tertiary/aromatic N) is 1. The van der Waals surface area contributed by atoms with E-state index in [0.29, 0.717) is 0 Å². The zero-order valence-electron chi connectivity index (χ0n) is 9.79. The molecule has 0 spiro atoms. The lowest BCUT2D eigenvalue weighted by atomic mass is 9.72. The van der Waals surface area contributed by atoms with Crippen LogP contribution in [0.4, 0.5) is 0 Å². The van der Waals surface area contributed by atoms with E-state index in [9.17, 15) is 0 Å². The van der Waals surface area contributed by atoms with E-state index in [2.05, 4.69) is 37.9 Å². The van der Waals surface area contributed by atoms with Gasteiger partial charge in [-0.3, -0.25) is 4.99 Å². The lowest BCUT2D eigenvalue weighted by Crippen LogP contribution is -2.26. The zero-order valence-corrected chi connectivity index (χ0v) is 9.79.